The molecule has 0 atom stereocenters. The molecule has 5 heteroatoms. The van der Waals surface area contributed by atoms with Crippen LogP contribution in [0.5, 0.6) is 0 Å². The van der Waals surface area contributed by atoms with E-state index in [-0.39, 0.29) is 5.91 Å². The highest BCUT2D eigenvalue weighted by Gasteiger charge is 2.00. The molecule has 0 unspecified atom stereocenters. The summed E-state index contributed by atoms with van der Waals surface area (Å²) in [7, 11) is 0. The Kier molecular flexibility index (Phi) is 6.17. The van der Waals surface area contributed by atoms with Crippen molar-refractivity contribution in [3.63, 3.8) is 0 Å². The van der Waals surface area contributed by atoms with E-state index in [0.29, 0.717) is 19.5 Å². The molecule has 17 heavy (non-hydrogen) atoms. The van der Waals surface area contributed by atoms with Crippen molar-refractivity contribution in [3.8, 4) is 0 Å². The summed E-state index contributed by atoms with van der Waals surface area (Å²) >= 11 is 0. The Bertz CT molecular complexity index is 354. The fourth-order valence-electron chi connectivity index (χ4n) is 1.37. The summed E-state index contributed by atoms with van der Waals surface area (Å²) in [6.07, 6.45) is 3.22. The molecule has 1 rings (SSSR count). The third kappa shape index (κ3) is 5.97. The number of nitrogens with zero attached hydrogens (tertiary/aromatic N) is 2. The van der Waals surface area contributed by atoms with Gasteiger partial charge >= 0.3 is 0 Å². The molecule has 1 heterocycles. The van der Waals surface area contributed by atoms with Gasteiger partial charge in [-0.25, -0.2) is 9.97 Å². The molecule has 0 aromatic carbocycles. The van der Waals surface area contributed by atoms with E-state index in [2.05, 4.69) is 20.6 Å². The summed E-state index contributed by atoms with van der Waals surface area (Å²) in [5, 5.41) is 6.02. The number of amides is 1. The van der Waals surface area contributed by atoms with Crippen LogP contribution in [0.2, 0.25) is 0 Å². The Morgan fingerprint density at radius 3 is 2.94 bits per heavy atom. The maximum absolute atomic E-state index is 11.3. The van der Waals surface area contributed by atoms with E-state index >= 15 is 0 Å². The van der Waals surface area contributed by atoms with Gasteiger partial charge in [0.2, 0.25) is 5.91 Å². The van der Waals surface area contributed by atoms with E-state index in [1.54, 1.807) is 6.20 Å². The molecule has 0 saturated heterocycles. The number of carbonyl (C=O) groups excluding carboxylic acids is 1. The fourth-order valence-corrected chi connectivity index (χ4v) is 1.37. The Balaban J connectivity index is 2.14. The number of aryl methyl sites for hydroxylation is 1. The predicted octanol–water partition coefficient (Wildman–Crippen LogP) is 0.791. The quantitative estimate of drug-likeness (QED) is 0.687. The summed E-state index contributed by atoms with van der Waals surface area (Å²) in [4.78, 5) is 19.6. The Labute approximate surface area is 102 Å². The van der Waals surface area contributed by atoms with Crippen molar-refractivity contribution >= 4 is 5.91 Å². The van der Waals surface area contributed by atoms with Gasteiger partial charge in [-0.05, 0) is 19.4 Å². The number of carbonyl (C=O) groups is 1. The van der Waals surface area contributed by atoms with Crippen molar-refractivity contribution in [1.82, 2.24) is 20.6 Å². The minimum Gasteiger partial charge on any atom is -0.356 e. The molecule has 1 aromatic heterocycles. The van der Waals surface area contributed by atoms with E-state index in [0.717, 1.165) is 24.5 Å². The number of rotatable bonds is 7. The maximum Gasteiger partial charge on any atom is 0.221 e. The van der Waals surface area contributed by atoms with Crippen LogP contribution in [0.15, 0.2) is 12.3 Å². The zero-order valence-corrected chi connectivity index (χ0v) is 10.5. The molecule has 0 spiro atoms. The predicted molar refractivity (Wildman–Crippen MR) is 66.4 cm³/mol. The molecule has 5 nitrogen and oxygen atoms in total. The number of nitrogens with one attached hydrogen (secondary N) is 2. The Morgan fingerprint density at radius 2 is 2.24 bits per heavy atom. The lowest BCUT2D eigenvalue weighted by Gasteiger charge is -2.05. The van der Waals surface area contributed by atoms with E-state index in [1.165, 1.54) is 0 Å². The van der Waals surface area contributed by atoms with E-state index in [9.17, 15) is 4.79 Å². The monoisotopic (exact) mass is 236 g/mol. The van der Waals surface area contributed by atoms with Gasteiger partial charge in [-0.3, -0.25) is 4.79 Å². The second-order valence-electron chi connectivity index (χ2n) is 3.87. The van der Waals surface area contributed by atoms with Gasteiger partial charge < -0.3 is 10.6 Å². The highest BCUT2D eigenvalue weighted by Crippen LogP contribution is 1.93. The van der Waals surface area contributed by atoms with Gasteiger partial charge in [-0.1, -0.05) is 6.92 Å². The van der Waals surface area contributed by atoms with Crippen molar-refractivity contribution in [2.45, 2.75) is 33.2 Å². The molecule has 1 aromatic rings. The Hall–Kier alpha value is -1.49. The van der Waals surface area contributed by atoms with E-state index in [4.69, 9.17) is 0 Å². The van der Waals surface area contributed by atoms with Gasteiger partial charge in [0, 0.05) is 32.3 Å². The van der Waals surface area contributed by atoms with Gasteiger partial charge in [0.1, 0.15) is 5.82 Å². The standard InChI is InChI=1S/C12H20N4O/c1-3-6-15-12(17)5-7-13-9-11-4-8-14-10(2)16-11/h4,8,13H,3,5-7,9H2,1-2H3,(H,15,17). The largest absolute Gasteiger partial charge is 0.356 e. The van der Waals surface area contributed by atoms with Crippen LogP contribution >= 0.6 is 0 Å². The molecule has 0 fully saturated rings. The summed E-state index contributed by atoms with van der Waals surface area (Å²) in [6, 6.07) is 1.87. The lowest BCUT2D eigenvalue weighted by molar-refractivity contribution is -0.120. The van der Waals surface area contributed by atoms with Crippen molar-refractivity contribution < 1.29 is 4.79 Å². The zero-order chi connectivity index (χ0) is 12.5. The first-order valence-electron chi connectivity index (χ1n) is 5.98. The molecule has 0 radical (unpaired) electrons. The average Bonchev–Trinajstić information content (AvgIpc) is 2.32. The van der Waals surface area contributed by atoms with Crippen LogP contribution in [0, 0.1) is 6.92 Å². The second kappa shape index (κ2) is 7.73. The molecule has 0 saturated carbocycles. The topological polar surface area (TPSA) is 66.9 Å². The van der Waals surface area contributed by atoms with Crippen LogP contribution in [0.4, 0.5) is 0 Å². The van der Waals surface area contributed by atoms with E-state index in [1.807, 2.05) is 19.9 Å². The van der Waals surface area contributed by atoms with E-state index < -0.39 is 0 Å². The highest BCUT2D eigenvalue weighted by atomic mass is 16.1. The van der Waals surface area contributed by atoms with Crippen LogP contribution in [-0.4, -0.2) is 29.0 Å². The summed E-state index contributed by atoms with van der Waals surface area (Å²) in [5.74, 6) is 0.864. The summed E-state index contributed by atoms with van der Waals surface area (Å²) < 4.78 is 0. The molecule has 0 aliphatic rings. The lowest BCUT2D eigenvalue weighted by Crippen LogP contribution is -2.28. The number of aromatic nitrogens is 2. The maximum atomic E-state index is 11.3. The number of hydrogen-bond acceptors (Lipinski definition) is 4. The lowest BCUT2D eigenvalue weighted by atomic mass is 10.3. The van der Waals surface area contributed by atoms with Crippen molar-refractivity contribution in [3.05, 3.63) is 23.8 Å². The molecule has 94 valence electrons. The van der Waals surface area contributed by atoms with Crippen LogP contribution in [0.1, 0.15) is 31.3 Å². The van der Waals surface area contributed by atoms with Gasteiger partial charge in [-0.2, -0.15) is 0 Å². The van der Waals surface area contributed by atoms with Crippen LogP contribution in [-0.2, 0) is 11.3 Å². The summed E-state index contributed by atoms with van der Waals surface area (Å²) in [5.41, 5.74) is 0.950. The summed E-state index contributed by atoms with van der Waals surface area (Å²) in [6.45, 7) is 5.99. The molecule has 0 aliphatic heterocycles. The molecule has 1 amide bonds. The van der Waals surface area contributed by atoms with Crippen molar-refractivity contribution in [2.24, 2.45) is 0 Å². The van der Waals surface area contributed by atoms with Crippen LogP contribution < -0.4 is 10.6 Å². The van der Waals surface area contributed by atoms with Crippen LogP contribution in [0.3, 0.4) is 0 Å². The molecule has 2 N–H and O–H groups in total. The van der Waals surface area contributed by atoms with Crippen molar-refractivity contribution in [1.29, 1.82) is 0 Å². The van der Waals surface area contributed by atoms with Gasteiger partial charge in [0.05, 0.1) is 5.69 Å². The van der Waals surface area contributed by atoms with Gasteiger partial charge in [-0.15, -0.1) is 0 Å². The second-order valence-corrected chi connectivity index (χ2v) is 3.87. The number of hydrogen-bond donors (Lipinski definition) is 2. The van der Waals surface area contributed by atoms with Gasteiger partial charge in [0.25, 0.3) is 0 Å². The Morgan fingerprint density at radius 1 is 1.41 bits per heavy atom. The third-order valence-corrected chi connectivity index (χ3v) is 2.24. The molecular formula is C12H20N4O. The fraction of sp³-hybridized carbons (Fsp3) is 0.583. The van der Waals surface area contributed by atoms with Gasteiger partial charge in [0.15, 0.2) is 0 Å². The first-order valence-corrected chi connectivity index (χ1v) is 5.98. The first-order chi connectivity index (χ1) is 8.22. The first kappa shape index (κ1) is 13.6. The molecular weight excluding hydrogens is 216 g/mol. The minimum atomic E-state index is 0.0956. The van der Waals surface area contributed by atoms with Crippen molar-refractivity contribution in [2.75, 3.05) is 13.1 Å². The third-order valence-electron chi connectivity index (χ3n) is 2.24. The zero-order valence-electron chi connectivity index (χ0n) is 10.5. The molecule has 0 aliphatic carbocycles. The minimum absolute atomic E-state index is 0.0956. The smallest absolute Gasteiger partial charge is 0.221 e. The SMILES string of the molecule is CCCNC(=O)CCNCc1ccnc(C)n1. The highest BCUT2D eigenvalue weighted by molar-refractivity contribution is 5.75. The van der Waals surface area contributed by atoms with Crippen LogP contribution in [0.25, 0.3) is 0 Å². The average molecular weight is 236 g/mol. The molecule has 0 bridgehead atoms. The normalized spacial score (nSPS) is 10.2.